The van der Waals surface area contributed by atoms with Crippen LogP contribution in [0.25, 0.3) is 50.5 Å². The smallest absolute Gasteiger partial charge is 0.349 e. The van der Waals surface area contributed by atoms with E-state index in [1.54, 1.807) is 93.7 Å². The molecular weight excluding hydrogens is 1720 g/mol. The minimum atomic E-state index is -0.560. The largest absolute Gasteiger partial charge is 0.355 e. The normalized spacial score (nSPS) is 19.4. The average Bonchev–Trinajstić information content (AvgIpc) is 1.13. The molecular formula is C98H114Cl3F3N20O6. The number of aliphatic imine (C=N–C) groups is 2. The zero-order valence-electron chi connectivity index (χ0n) is 76.8. The summed E-state index contributed by atoms with van der Waals surface area (Å²) in [5.41, 5.74) is 6.78. The number of hydrogen-bond donors (Lipinski definition) is 0. The Hall–Kier alpha value is -11.6. The van der Waals surface area contributed by atoms with Gasteiger partial charge in [-0.1, -0.05) is 153 Å². The molecule has 32 heteroatoms. The van der Waals surface area contributed by atoms with Gasteiger partial charge in [0.25, 0.3) is 11.8 Å². The Morgan fingerprint density at radius 3 is 1.41 bits per heavy atom. The summed E-state index contributed by atoms with van der Waals surface area (Å²) < 4.78 is 46.6. The molecule has 0 spiro atoms. The molecule has 4 saturated heterocycles. The van der Waals surface area contributed by atoms with Gasteiger partial charge in [-0.25, -0.2) is 47.5 Å². The minimum Gasteiger partial charge on any atom is -0.349 e. The van der Waals surface area contributed by atoms with Gasteiger partial charge < -0.3 is 44.1 Å². The van der Waals surface area contributed by atoms with Crippen LogP contribution in [0, 0.1) is 29.8 Å². The molecule has 0 bridgehead atoms. The zero-order valence-corrected chi connectivity index (χ0v) is 79.0. The summed E-state index contributed by atoms with van der Waals surface area (Å²) in [6, 6.07) is 25.1. The number of benzene rings is 3. The lowest BCUT2D eigenvalue weighted by atomic mass is 9.95. The monoisotopic (exact) mass is 1830 g/mol. The molecule has 130 heavy (non-hydrogen) atoms. The number of fused-ring (bicyclic) bond motifs is 3. The maximum atomic E-state index is 15.3. The maximum absolute atomic E-state index is 15.3. The molecule has 15 rings (SSSR count). The molecule has 9 aromatic rings. The van der Waals surface area contributed by atoms with Crippen LogP contribution in [0.5, 0.6) is 0 Å². The van der Waals surface area contributed by atoms with Crippen molar-refractivity contribution in [1.29, 1.82) is 0 Å². The van der Waals surface area contributed by atoms with Gasteiger partial charge >= 0.3 is 5.69 Å². The lowest BCUT2D eigenvalue weighted by molar-refractivity contribution is -0.131. The number of halogens is 6. The molecule has 0 saturated carbocycles. The van der Waals surface area contributed by atoms with Crippen molar-refractivity contribution in [3.8, 4) is 39.5 Å². The number of nitrogens with zero attached hydrogens (tertiary/aromatic N) is 20. The van der Waals surface area contributed by atoms with Crippen molar-refractivity contribution in [3.63, 3.8) is 0 Å². The van der Waals surface area contributed by atoms with E-state index >= 15 is 8.78 Å². The second-order valence-corrected chi connectivity index (χ2v) is 37.4. The molecule has 0 aliphatic carbocycles. The van der Waals surface area contributed by atoms with Crippen molar-refractivity contribution in [1.82, 2.24) is 73.8 Å². The average molecular weight is 1830 g/mol. The number of rotatable bonds is 16. The summed E-state index contributed by atoms with van der Waals surface area (Å²) in [7, 11) is 2.13. The highest BCUT2D eigenvalue weighted by Gasteiger charge is 2.42. The molecule has 6 atom stereocenters. The summed E-state index contributed by atoms with van der Waals surface area (Å²) in [5, 5.41) is 1.24. The second-order valence-electron chi connectivity index (χ2n) is 36.2. The number of likely N-dealkylation sites (N-methyl/N-ethyl adjacent to an activating group) is 1. The van der Waals surface area contributed by atoms with Crippen molar-refractivity contribution in [3.05, 3.63) is 224 Å². The molecule has 26 nitrogen and oxygen atoms in total. The van der Waals surface area contributed by atoms with Gasteiger partial charge in [-0.05, 0) is 164 Å². The number of aromatic nitrogens is 8. The predicted octanol–water partition coefficient (Wildman–Crippen LogP) is 16.2. The number of hydrogen-bond acceptors (Lipinski definition) is 20. The number of amides is 5. The van der Waals surface area contributed by atoms with Crippen molar-refractivity contribution >= 4 is 110 Å². The Kier molecular flexibility index (Phi) is 29.8. The molecule has 6 aliphatic heterocycles. The highest BCUT2D eigenvalue weighted by Crippen LogP contribution is 2.44. The van der Waals surface area contributed by atoms with Gasteiger partial charge in [-0.15, -0.1) is 0 Å². The lowest BCUT2D eigenvalue weighted by Gasteiger charge is -2.45. The van der Waals surface area contributed by atoms with Gasteiger partial charge in [0.15, 0.2) is 5.65 Å². The van der Waals surface area contributed by atoms with Crippen LogP contribution in [0.3, 0.4) is 0 Å². The fourth-order valence-electron chi connectivity index (χ4n) is 17.8. The van der Waals surface area contributed by atoms with Gasteiger partial charge in [0, 0.05) is 131 Å². The van der Waals surface area contributed by atoms with Gasteiger partial charge in [-0.2, -0.15) is 15.0 Å². The number of carbonyl (C=O) groups excluding carboxylic acids is 5. The van der Waals surface area contributed by atoms with E-state index in [1.165, 1.54) is 41.0 Å². The first-order valence-electron chi connectivity index (χ1n) is 44.2. The van der Waals surface area contributed by atoms with E-state index in [4.69, 9.17) is 64.7 Å². The SMILES string of the molecule is C=CC(=O)N1CC(C)N(C2=NC(=O)CN(CC(C)(C)C)c3nc(-c4ccccc4F)c(Cl)cc32)CC1C.C=CC(=O)N1CC(C)N(C2=NC(=O)CN(c3c(C)ccnc3CCC)c3nc(-c4ccccc4F)c(Cl)cc32)CC1C.C=CC(=O)N1CC(C)N(c2nc(=O)n(-c3c(C(C)C)nc(CN4CCN(C)CC4)nc3C(C)C)c3nc(-c4ccccc4F)c(Cl)cc23)CC1C. The number of amidine groups is 2. The Morgan fingerprint density at radius 1 is 0.523 bits per heavy atom. The molecule has 3 aromatic carbocycles. The molecule has 0 radical (unpaired) electrons. The van der Waals surface area contributed by atoms with Crippen molar-refractivity contribution in [2.75, 3.05) is 107 Å². The topological polar surface area (TPSA) is 255 Å². The second kappa shape index (κ2) is 40.4. The summed E-state index contributed by atoms with van der Waals surface area (Å²) in [4.78, 5) is 142. The number of pyridine rings is 4. The molecule has 6 unspecified atom stereocenters. The molecule has 6 aromatic heterocycles. The van der Waals surface area contributed by atoms with Crippen molar-refractivity contribution < 1.29 is 37.1 Å². The molecule has 684 valence electrons. The third kappa shape index (κ3) is 20.4. The van der Waals surface area contributed by atoms with E-state index in [0.717, 1.165) is 49.5 Å². The van der Waals surface area contributed by atoms with Crippen LogP contribution in [-0.4, -0.2) is 243 Å². The molecule has 0 N–H and O–H groups in total. The van der Waals surface area contributed by atoms with Crippen molar-refractivity contribution in [2.24, 2.45) is 15.4 Å². The summed E-state index contributed by atoms with van der Waals surface area (Å²) in [6.45, 7) is 48.7. The van der Waals surface area contributed by atoms with E-state index in [1.807, 2.05) is 107 Å². The Morgan fingerprint density at radius 2 is 0.954 bits per heavy atom. The Labute approximate surface area is 773 Å². The highest BCUT2D eigenvalue weighted by atomic mass is 35.5. The third-order valence-corrected chi connectivity index (χ3v) is 25.1. The number of piperazine rings is 4. The first-order chi connectivity index (χ1) is 61.8. The summed E-state index contributed by atoms with van der Waals surface area (Å²) >= 11 is 20.5. The van der Waals surface area contributed by atoms with Crippen LogP contribution in [0.15, 0.2) is 156 Å². The standard InChI is InChI=1S/C38H47ClFN9O2.C32H34ClFN6O2.C28H33ClFN5O2/c1-9-31(50)47-19-25(7)48(20-24(47)6)36-27-18-28(39)34(26-12-10-11-13-29(26)40)43-37(27)49(38(51)44-36)35-32(22(2)3)41-30(42-33(35)23(4)5)21-46-16-14-45(8)15-17-46;1-6-10-26-30(19(3)13-14-35-26)40-18-27(41)36-31(39-17-20(4)38(16-21(39)5)28(42)7-2)23-15-24(33)29(37-32(23)40)22-11-8-9-12-25(22)34;1-7-24(37)34-13-18(3)35(14-17(34)2)27-20-12-21(29)25(19-10-8-9-11-22(19)30)32-26(20)33(15-23(36)31-27)16-28(4,5)6/h9-13,18,22-25H,1,14-17,19-21H2,2-8H3;7-9,11-15,20-21H,2,6,10,16-18H2,1,3-5H3;7-12,17-18H,1,13-16H2,2-6H3. The van der Waals surface area contributed by atoms with Crippen LogP contribution < -0.4 is 20.4 Å². The minimum absolute atomic E-state index is 0.0396. The Balaban J connectivity index is 0.000000169. The van der Waals surface area contributed by atoms with E-state index in [2.05, 4.69) is 79.2 Å². The highest BCUT2D eigenvalue weighted by molar-refractivity contribution is 6.35. The first kappa shape index (κ1) is 95.9. The van der Waals surface area contributed by atoms with Crippen LogP contribution in [0.4, 0.5) is 36.3 Å². The van der Waals surface area contributed by atoms with Gasteiger partial charge in [-0.3, -0.25) is 33.9 Å². The fraction of sp³-hybridized carbons (Fsp3) is 0.418. The van der Waals surface area contributed by atoms with Gasteiger partial charge in [0.2, 0.25) is 17.7 Å². The zero-order chi connectivity index (χ0) is 93.9. The van der Waals surface area contributed by atoms with Crippen LogP contribution in [0.1, 0.15) is 155 Å². The maximum Gasteiger partial charge on any atom is 0.355 e. The fourth-order valence-corrected chi connectivity index (χ4v) is 18.5. The predicted molar refractivity (Wildman–Crippen MR) is 509 cm³/mol. The molecule has 6 aliphatic rings. The number of carbonyl (C=O) groups is 5. The van der Waals surface area contributed by atoms with Crippen LogP contribution >= 0.6 is 34.8 Å². The third-order valence-electron chi connectivity index (χ3n) is 24.3. The number of aryl methyl sites for hydroxylation is 2. The first-order valence-corrected chi connectivity index (χ1v) is 45.4. The van der Waals surface area contributed by atoms with E-state index < -0.39 is 23.1 Å². The number of anilines is 4. The van der Waals surface area contributed by atoms with Crippen molar-refractivity contribution in [2.45, 2.75) is 171 Å². The van der Waals surface area contributed by atoms with Gasteiger partial charge in [0.05, 0.1) is 83.7 Å². The van der Waals surface area contributed by atoms with Gasteiger partial charge in [0.1, 0.15) is 65.5 Å². The Bertz CT molecular complexity index is 5980. The van der Waals surface area contributed by atoms with E-state index in [9.17, 15) is 33.2 Å². The quantitative estimate of drug-likeness (QED) is 0.0815. The van der Waals surface area contributed by atoms with E-state index in [0.29, 0.717) is 139 Å². The molecule has 4 fully saturated rings. The van der Waals surface area contributed by atoms with Crippen LogP contribution in [0.2, 0.25) is 15.1 Å². The summed E-state index contributed by atoms with van der Waals surface area (Å²) in [5.74, 6) is 0.364. The molecule has 5 amide bonds. The van der Waals surface area contributed by atoms with Crippen LogP contribution in [-0.2, 0) is 36.9 Å². The molecule has 12 heterocycles. The van der Waals surface area contributed by atoms with E-state index in [-0.39, 0.29) is 139 Å². The lowest BCUT2D eigenvalue weighted by Crippen LogP contribution is -2.59. The summed E-state index contributed by atoms with van der Waals surface area (Å²) in [6.07, 6.45) is 7.28.